The average Bonchev–Trinajstić information content (AvgIpc) is 3.10. The van der Waals surface area contributed by atoms with Gasteiger partial charge in [-0.05, 0) is 90.8 Å². The molecule has 0 aliphatic heterocycles. The molecule has 1 amide bonds. The van der Waals surface area contributed by atoms with Gasteiger partial charge in [-0.15, -0.1) is 0 Å². The quantitative estimate of drug-likeness (QED) is 0.0260. The maximum atomic E-state index is 13.7. The number of nitrogens with one attached hydrogen (secondary N) is 2. The molecule has 10 nitrogen and oxygen atoms in total. The lowest BCUT2D eigenvalue weighted by Crippen LogP contribution is -2.47. The molecule has 296 valence electrons. The first-order valence-electron chi connectivity index (χ1n) is 21.0. The summed E-state index contributed by atoms with van der Waals surface area (Å²) in [5, 5.41) is 6.59. The Balaban J connectivity index is 5.35. The summed E-state index contributed by atoms with van der Waals surface area (Å²) in [5.41, 5.74) is 16.8. The number of carbonyl (C=O) groups is 3. The number of primary amides is 1. The second-order valence-corrected chi connectivity index (χ2v) is 14.3. The summed E-state index contributed by atoms with van der Waals surface area (Å²) >= 11 is 0. The Labute approximate surface area is 307 Å². The van der Waals surface area contributed by atoms with Gasteiger partial charge in [0.25, 0.3) is 0 Å². The molecule has 0 aromatic rings. The SMILES string of the molecule is CCCCCCCCCCCCN(CCCCCCCCCCCC)[C@@H](CCC(N)=O)C(=O)OC(=O)[C@H](CCCNCCCN)NCCCN. The number of nitrogens with two attached hydrogens (primary N) is 3. The minimum Gasteiger partial charge on any atom is -0.391 e. The fraction of sp³-hybridized carbons (Fsp3) is 0.925. The smallest absolute Gasteiger partial charge is 0.331 e. The van der Waals surface area contributed by atoms with Crippen LogP contribution < -0.4 is 27.8 Å². The monoisotopic (exact) mass is 711 g/mol. The molecule has 0 saturated heterocycles. The van der Waals surface area contributed by atoms with Gasteiger partial charge in [0.1, 0.15) is 12.1 Å². The van der Waals surface area contributed by atoms with Crippen molar-refractivity contribution in [3.8, 4) is 0 Å². The van der Waals surface area contributed by atoms with E-state index in [2.05, 4.69) is 29.4 Å². The van der Waals surface area contributed by atoms with Gasteiger partial charge in [0.15, 0.2) is 0 Å². The standard InChI is InChI=1S/C40H82N6O4/c1-3-5-7-9-11-13-15-17-19-21-34-46(35-22-20-18-16-14-12-10-8-6-4-2)37(27-28-38(43)47)40(49)50-39(48)36(45-33-25-30-42)26-23-31-44-32-24-29-41/h36-37,44-45H,3-35,41-42H2,1-2H3,(H2,43,47)/t36-,37-/m0/s1. The van der Waals surface area contributed by atoms with E-state index in [0.29, 0.717) is 26.1 Å². The van der Waals surface area contributed by atoms with E-state index in [-0.39, 0.29) is 12.8 Å². The van der Waals surface area contributed by atoms with Crippen molar-refractivity contribution in [3.63, 3.8) is 0 Å². The maximum absolute atomic E-state index is 13.7. The van der Waals surface area contributed by atoms with E-state index >= 15 is 0 Å². The zero-order chi connectivity index (χ0) is 36.9. The lowest BCUT2D eigenvalue weighted by Gasteiger charge is -2.30. The molecule has 0 rings (SSSR count). The van der Waals surface area contributed by atoms with Gasteiger partial charge < -0.3 is 32.6 Å². The van der Waals surface area contributed by atoms with Crippen molar-refractivity contribution in [2.24, 2.45) is 17.2 Å². The van der Waals surface area contributed by atoms with Crippen molar-refractivity contribution in [2.75, 3.05) is 45.8 Å². The number of ether oxygens (including phenoxy) is 1. The number of unbranched alkanes of at least 4 members (excludes halogenated alkanes) is 18. The summed E-state index contributed by atoms with van der Waals surface area (Å²) in [6.45, 7) is 9.29. The Kier molecular flexibility index (Phi) is 36.0. The summed E-state index contributed by atoms with van der Waals surface area (Å²) in [6, 6.07) is -1.28. The van der Waals surface area contributed by atoms with E-state index in [0.717, 1.165) is 71.1 Å². The van der Waals surface area contributed by atoms with Crippen LogP contribution in [0.2, 0.25) is 0 Å². The van der Waals surface area contributed by atoms with Gasteiger partial charge in [0.2, 0.25) is 5.91 Å². The number of rotatable bonds is 39. The number of nitrogens with zero attached hydrogens (tertiary/aromatic N) is 1. The van der Waals surface area contributed by atoms with E-state index in [1.807, 2.05) is 0 Å². The van der Waals surface area contributed by atoms with E-state index in [1.165, 1.54) is 103 Å². The lowest BCUT2D eigenvalue weighted by molar-refractivity contribution is -0.165. The fourth-order valence-electron chi connectivity index (χ4n) is 6.46. The topological polar surface area (TPSA) is 166 Å². The van der Waals surface area contributed by atoms with Crippen molar-refractivity contribution in [1.82, 2.24) is 15.5 Å². The summed E-state index contributed by atoms with van der Waals surface area (Å²) < 4.78 is 5.61. The lowest BCUT2D eigenvalue weighted by atomic mass is 10.0. The molecular weight excluding hydrogens is 628 g/mol. The van der Waals surface area contributed by atoms with E-state index < -0.39 is 29.9 Å². The normalized spacial score (nSPS) is 12.7. The Morgan fingerprint density at radius 3 is 1.46 bits per heavy atom. The van der Waals surface area contributed by atoms with Crippen LogP contribution >= 0.6 is 0 Å². The van der Waals surface area contributed by atoms with Gasteiger partial charge in [-0.3, -0.25) is 9.69 Å². The van der Waals surface area contributed by atoms with Crippen molar-refractivity contribution < 1.29 is 19.1 Å². The Hall–Kier alpha value is -1.59. The van der Waals surface area contributed by atoms with E-state index in [9.17, 15) is 14.4 Å². The number of carbonyl (C=O) groups excluding carboxylic acids is 3. The molecule has 0 aromatic carbocycles. The van der Waals surface area contributed by atoms with Crippen molar-refractivity contribution >= 4 is 17.8 Å². The largest absolute Gasteiger partial charge is 0.391 e. The Morgan fingerprint density at radius 1 is 0.560 bits per heavy atom. The predicted octanol–water partition coefficient (Wildman–Crippen LogP) is 6.86. The van der Waals surface area contributed by atoms with Gasteiger partial charge in [-0.25, -0.2) is 9.59 Å². The van der Waals surface area contributed by atoms with E-state index in [1.54, 1.807) is 0 Å². The summed E-state index contributed by atoms with van der Waals surface area (Å²) in [4.78, 5) is 41.2. The van der Waals surface area contributed by atoms with Gasteiger partial charge in [-0.2, -0.15) is 0 Å². The van der Waals surface area contributed by atoms with Gasteiger partial charge in [0.05, 0.1) is 0 Å². The first kappa shape index (κ1) is 48.4. The zero-order valence-electron chi connectivity index (χ0n) is 32.8. The molecule has 0 heterocycles. The molecule has 8 N–H and O–H groups in total. The van der Waals surface area contributed by atoms with Gasteiger partial charge in [0, 0.05) is 6.42 Å². The molecule has 0 spiro atoms. The van der Waals surface area contributed by atoms with Gasteiger partial charge in [-0.1, -0.05) is 129 Å². The van der Waals surface area contributed by atoms with Crippen molar-refractivity contribution in [3.05, 3.63) is 0 Å². The van der Waals surface area contributed by atoms with Crippen LogP contribution in [0.4, 0.5) is 0 Å². The molecule has 0 unspecified atom stereocenters. The second-order valence-electron chi connectivity index (χ2n) is 14.3. The van der Waals surface area contributed by atoms with Crippen LogP contribution in [0.25, 0.3) is 0 Å². The third-order valence-electron chi connectivity index (χ3n) is 9.64. The molecule has 10 heteroatoms. The third-order valence-corrected chi connectivity index (χ3v) is 9.64. The third kappa shape index (κ3) is 30.1. The number of amides is 1. The Morgan fingerprint density at radius 2 is 1.00 bits per heavy atom. The highest BCUT2D eigenvalue weighted by atomic mass is 16.6. The molecular formula is C40H82N6O4. The van der Waals surface area contributed by atoms with Crippen LogP contribution in [-0.4, -0.2) is 80.6 Å². The number of esters is 2. The minimum atomic E-state index is -0.675. The van der Waals surface area contributed by atoms with Crippen LogP contribution in [0.1, 0.15) is 181 Å². The molecule has 0 aliphatic carbocycles. The highest BCUT2D eigenvalue weighted by Gasteiger charge is 2.31. The maximum Gasteiger partial charge on any atom is 0.331 e. The summed E-state index contributed by atoms with van der Waals surface area (Å²) in [7, 11) is 0. The summed E-state index contributed by atoms with van der Waals surface area (Å²) in [6.07, 6.45) is 28.0. The first-order valence-corrected chi connectivity index (χ1v) is 21.0. The highest BCUT2D eigenvalue weighted by molar-refractivity contribution is 5.91. The zero-order valence-corrected chi connectivity index (χ0v) is 32.8. The molecule has 0 fully saturated rings. The van der Waals surface area contributed by atoms with Crippen LogP contribution in [-0.2, 0) is 19.1 Å². The van der Waals surface area contributed by atoms with E-state index in [4.69, 9.17) is 21.9 Å². The van der Waals surface area contributed by atoms with Crippen molar-refractivity contribution in [2.45, 2.75) is 193 Å². The summed E-state index contributed by atoms with van der Waals surface area (Å²) in [5.74, 6) is -1.58. The number of hydrogen-bond acceptors (Lipinski definition) is 9. The molecule has 50 heavy (non-hydrogen) atoms. The fourth-order valence-corrected chi connectivity index (χ4v) is 6.46. The molecule has 0 radical (unpaired) electrons. The molecule has 0 saturated carbocycles. The van der Waals surface area contributed by atoms with Crippen LogP contribution in [0.15, 0.2) is 0 Å². The highest BCUT2D eigenvalue weighted by Crippen LogP contribution is 2.17. The number of hydrogen-bond donors (Lipinski definition) is 5. The molecule has 0 aromatic heterocycles. The molecule has 2 atom stereocenters. The van der Waals surface area contributed by atoms with Crippen LogP contribution in [0.5, 0.6) is 0 Å². The predicted molar refractivity (Wildman–Crippen MR) is 210 cm³/mol. The average molecular weight is 711 g/mol. The first-order chi connectivity index (χ1) is 24.4. The van der Waals surface area contributed by atoms with Crippen LogP contribution in [0, 0.1) is 0 Å². The van der Waals surface area contributed by atoms with Crippen LogP contribution in [0.3, 0.4) is 0 Å². The molecule has 0 bridgehead atoms. The van der Waals surface area contributed by atoms with Gasteiger partial charge >= 0.3 is 11.9 Å². The Bertz CT molecular complexity index is 763. The minimum absolute atomic E-state index is 0.0766. The van der Waals surface area contributed by atoms with Crippen molar-refractivity contribution in [1.29, 1.82) is 0 Å². The molecule has 0 aliphatic rings. The second kappa shape index (κ2) is 37.2.